The summed E-state index contributed by atoms with van der Waals surface area (Å²) in [6.07, 6.45) is 4.42. The van der Waals surface area contributed by atoms with E-state index in [4.69, 9.17) is 4.74 Å². The molecule has 1 N–H and O–H groups in total. The van der Waals surface area contributed by atoms with Gasteiger partial charge in [0.25, 0.3) is 11.6 Å². The molecular formula is C20H13BrN4O5. The molecule has 10 heteroatoms. The SMILES string of the molecule is O=C(N/N=C/c1ccc(OC(=O)c2ccc([N+](=O)[O-])cc2)c(Br)c1)c1cccnc1. The predicted octanol–water partition coefficient (Wildman–Crippen LogP) is 3.74. The van der Waals surface area contributed by atoms with Gasteiger partial charge in [0.15, 0.2) is 0 Å². The summed E-state index contributed by atoms with van der Waals surface area (Å²) in [4.78, 5) is 38.1. The number of rotatable bonds is 6. The van der Waals surface area contributed by atoms with E-state index >= 15 is 0 Å². The minimum atomic E-state index is -0.657. The molecule has 30 heavy (non-hydrogen) atoms. The van der Waals surface area contributed by atoms with Crippen LogP contribution >= 0.6 is 15.9 Å². The first-order chi connectivity index (χ1) is 14.4. The van der Waals surface area contributed by atoms with E-state index in [1.165, 1.54) is 36.7 Å². The summed E-state index contributed by atoms with van der Waals surface area (Å²) in [6.45, 7) is 0. The number of nitro benzene ring substituents is 1. The third-order valence-corrected chi connectivity index (χ3v) is 4.40. The summed E-state index contributed by atoms with van der Waals surface area (Å²) in [6, 6.07) is 13.2. The van der Waals surface area contributed by atoms with Crippen LogP contribution in [0.15, 0.2) is 76.6 Å². The maximum absolute atomic E-state index is 12.2. The number of non-ortho nitro benzene ring substituents is 1. The molecule has 2 aromatic carbocycles. The molecule has 0 fully saturated rings. The molecular weight excluding hydrogens is 456 g/mol. The smallest absolute Gasteiger partial charge is 0.343 e. The second-order valence-corrected chi connectivity index (χ2v) is 6.68. The Morgan fingerprint density at radius 2 is 1.90 bits per heavy atom. The Hall–Kier alpha value is -3.92. The van der Waals surface area contributed by atoms with Gasteiger partial charge in [-0.05, 0) is 64.0 Å². The first-order valence-electron chi connectivity index (χ1n) is 8.43. The van der Waals surface area contributed by atoms with Crippen LogP contribution in [0.5, 0.6) is 5.75 Å². The number of hydrogen-bond acceptors (Lipinski definition) is 7. The number of benzene rings is 2. The Kier molecular flexibility index (Phi) is 6.60. The van der Waals surface area contributed by atoms with E-state index in [9.17, 15) is 19.7 Å². The highest BCUT2D eigenvalue weighted by atomic mass is 79.9. The zero-order chi connectivity index (χ0) is 21.5. The van der Waals surface area contributed by atoms with E-state index in [-0.39, 0.29) is 17.0 Å². The first kappa shape index (κ1) is 20.8. The molecule has 9 nitrogen and oxygen atoms in total. The number of pyridine rings is 1. The lowest BCUT2D eigenvalue weighted by Crippen LogP contribution is -2.17. The fourth-order valence-electron chi connectivity index (χ4n) is 2.29. The molecule has 1 aromatic heterocycles. The van der Waals surface area contributed by atoms with Crippen molar-refractivity contribution >= 4 is 39.7 Å². The summed E-state index contributed by atoms with van der Waals surface area (Å²) < 4.78 is 5.80. The second-order valence-electron chi connectivity index (χ2n) is 5.82. The van der Waals surface area contributed by atoms with Crippen LogP contribution in [-0.2, 0) is 0 Å². The van der Waals surface area contributed by atoms with Crippen molar-refractivity contribution in [2.24, 2.45) is 5.10 Å². The predicted molar refractivity (Wildman–Crippen MR) is 111 cm³/mol. The second kappa shape index (κ2) is 9.52. The zero-order valence-corrected chi connectivity index (χ0v) is 16.8. The van der Waals surface area contributed by atoms with Gasteiger partial charge in [-0.3, -0.25) is 19.9 Å². The molecule has 0 radical (unpaired) electrons. The molecule has 0 unspecified atom stereocenters. The summed E-state index contributed by atoms with van der Waals surface area (Å²) in [5.41, 5.74) is 3.47. The Balaban J connectivity index is 1.62. The van der Waals surface area contributed by atoms with Gasteiger partial charge in [0, 0.05) is 24.5 Å². The van der Waals surface area contributed by atoms with E-state index in [1.54, 1.807) is 36.5 Å². The number of ether oxygens (including phenoxy) is 1. The summed E-state index contributed by atoms with van der Waals surface area (Å²) in [7, 11) is 0. The van der Waals surface area contributed by atoms with Crippen LogP contribution in [-0.4, -0.2) is 28.0 Å². The van der Waals surface area contributed by atoms with Crippen LogP contribution in [0.25, 0.3) is 0 Å². The lowest BCUT2D eigenvalue weighted by atomic mass is 10.2. The molecule has 0 aliphatic rings. The maximum atomic E-state index is 12.2. The Labute approximate surface area is 178 Å². The van der Waals surface area contributed by atoms with E-state index in [2.05, 4.69) is 31.4 Å². The Morgan fingerprint density at radius 1 is 1.13 bits per heavy atom. The Bertz CT molecular complexity index is 1120. The number of hydrogen-bond donors (Lipinski definition) is 1. The first-order valence-corrected chi connectivity index (χ1v) is 9.23. The molecule has 3 aromatic rings. The largest absolute Gasteiger partial charge is 0.422 e. The van der Waals surface area contributed by atoms with E-state index in [1.807, 2.05) is 0 Å². The van der Waals surface area contributed by atoms with Gasteiger partial charge in [-0.1, -0.05) is 0 Å². The minimum absolute atomic E-state index is 0.119. The molecule has 150 valence electrons. The number of nitrogens with zero attached hydrogens (tertiary/aromatic N) is 3. The Morgan fingerprint density at radius 3 is 2.53 bits per heavy atom. The van der Waals surface area contributed by atoms with Crippen molar-refractivity contribution < 1.29 is 19.2 Å². The fourth-order valence-corrected chi connectivity index (χ4v) is 2.76. The van der Waals surface area contributed by atoms with Gasteiger partial charge < -0.3 is 4.74 Å². The van der Waals surface area contributed by atoms with E-state index in [0.29, 0.717) is 15.6 Å². The van der Waals surface area contributed by atoms with Gasteiger partial charge in [-0.2, -0.15) is 5.10 Å². The van der Waals surface area contributed by atoms with Gasteiger partial charge in [0.1, 0.15) is 5.75 Å². The number of aromatic nitrogens is 1. The number of hydrazone groups is 1. The monoisotopic (exact) mass is 468 g/mol. The topological polar surface area (TPSA) is 124 Å². The van der Waals surface area contributed by atoms with Crippen molar-refractivity contribution in [3.8, 4) is 5.75 Å². The van der Waals surface area contributed by atoms with Crippen molar-refractivity contribution in [1.29, 1.82) is 0 Å². The highest BCUT2D eigenvalue weighted by Crippen LogP contribution is 2.26. The summed E-state index contributed by atoms with van der Waals surface area (Å²) >= 11 is 3.31. The third-order valence-electron chi connectivity index (χ3n) is 3.78. The fraction of sp³-hybridized carbons (Fsp3) is 0. The van der Waals surface area contributed by atoms with E-state index in [0.717, 1.165) is 0 Å². The van der Waals surface area contributed by atoms with Crippen LogP contribution in [0.2, 0.25) is 0 Å². The number of halogens is 1. The minimum Gasteiger partial charge on any atom is -0.422 e. The number of nitrogens with one attached hydrogen (secondary N) is 1. The number of esters is 1. The molecule has 0 saturated carbocycles. The van der Waals surface area contributed by atoms with Gasteiger partial charge in [-0.15, -0.1) is 0 Å². The van der Waals surface area contributed by atoms with Crippen LogP contribution in [0.4, 0.5) is 5.69 Å². The zero-order valence-electron chi connectivity index (χ0n) is 15.2. The molecule has 0 aliphatic heterocycles. The van der Waals surface area contributed by atoms with Crippen molar-refractivity contribution in [1.82, 2.24) is 10.4 Å². The third kappa shape index (κ3) is 5.32. The van der Waals surface area contributed by atoms with Crippen molar-refractivity contribution in [2.45, 2.75) is 0 Å². The average molecular weight is 469 g/mol. The molecule has 0 bridgehead atoms. The summed E-state index contributed by atoms with van der Waals surface area (Å²) in [5, 5.41) is 14.6. The lowest BCUT2D eigenvalue weighted by molar-refractivity contribution is -0.384. The normalized spacial score (nSPS) is 10.6. The van der Waals surface area contributed by atoms with Gasteiger partial charge >= 0.3 is 5.97 Å². The number of carbonyl (C=O) groups excluding carboxylic acids is 2. The lowest BCUT2D eigenvalue weighted by Gasteiger charge is -2.07. The molecule has 0 aliphatic carbocycles. The average Bonchev–Trinajstić information content (AvgIpc) is 2.76. The number of nitro groups is 1. The number of carbonyl (C=O) groups is 2. The summed E-state index contributed by atoms with van der Waals surface area (Å²) in [5.74, 6) is -0.794. The van der Waals surface area contributed by atoms with Crippen LogP contribution in [0.1, 0.15) is 26.3 Å². The van der Waals surface area contributed by atoms with Gasteiger partial charge in [0.05, 0.1) is 26.7 Å². The van der Waals surface area contributed by atoms with Crippen LogP contribution in [0.3, 0.4) is 0 Å². The molecule has 3 rings (SSSR count). The quantitative estimate of drug-likeness (QED) is 0.193. The molecule has 0 atom stereocenters. The van der Waals surface area contributed by atoms with Crippen molar-refractivity contribution in [3.05, 3.63) is 98.3 Å². The highest BCUT2D eigenvalue weighted by Gasteiger charge is 2.13. The highest BCUT2D eigenvalue weighted by molar-refractivity contribution is 9.10. The van der Waals surface area contributed by atoms with Crippen molar-refractivity contribution in [2.75, 3.05) is 0 Å². The number of amides is 1. The van der Waals surface area contributed by atoms with Crippen LogP contribution < -0.4 is 10.2 Å². The van der Waals surface area contributed by atoms with Gasteiger partial charge in [-0.25, -0.2) is 10.2 Å². The molecule has 1 heterocycles. The standard InChI is InChI=1S/C20H13BrN4O5/c21-17-10-13(11-23-24-19(26)15-2-1-9-22-12-15)3-8-18(17)30-20(27)14-4-6-16(7-5-14)25(28)29/h1-12H,(H,24,26)/b23-11+. The maximum Gasteiger partial charge on any atom is 0.343 e. The molecule has 0 saturated heterocycles. The molecule has 1 amide bonds. The van der Waals surface area contributed by atoms with Crippen LogP contribution in [0, 0.1) is 10.1 Å². The van der Waals surface area contributed by atoms with Gasteiger partial charge in [0.2, 0.25) is 0 Å². The van der Waals surface area contributed by atoms with E-state index < -0.39 is 16.8 Å². The molecule has 0 spiro atoms. The van der Waals surface area contributed by atoms with Crippen molar-refractivity contribution in [3.63, 3.8) is 0 Å².